The molecule has 230 valence electrons. The van der Waals surface area contributed by atoms with Crippen LogP contribution in [0.25, 0.3) is 51.5 Å². The minimum atomic E-state index is 0.515. The summed E-state index contributed by atoms with van der Waals surface area (Å²) in [5, 5.41) is 13.3. The van der Waals surface area contributed by atoms with Crippen LogP contribution in [0.1, 0.15) is 37.8 Å². The summed E-state index contributed by atoms with van der Waals surface area (Å²) >= 11 is 10.9. The molecule has 0 aromatic carbocycles. The van der Waals surface area contributed by atoms with Gasteiger partial charge in [0, 0.05) is 59.5 Å². The van der Waals surface area contributed by atoms with Gasteiger partial charge in [-0.15, -0.1) is 68.0 Å². The van der Waals surface area contributed by atoms with Crippen LogP contribution in [-0.4, -0.2) is 26.4 Å². The van der Waals surface area contributed by atoms with Gasteiger partial charge in [-0.25, -0.2) is 19.6 Å². The highest BCUT2D eigenvalue weighted by Gasteiger charge is 2.23. The Bertz CT molecular complexity index is 1720. The van der Waals surface area contributed by atoms with E-state index in [1.165, 1.54) is 62.6 Å². The van der Waals surface area contributed by atoms with Crippen molar-refractivity contribution < 1.29 is 19.6 Å². The molecular weight excluding hydrogens is 665 g/mol. The molecule has 4 nitrogen and oxygen atoms in total. The second kappa shape index (κ2) is 16.0. The van der Waals surface area contributed by atoms with Crippen molar-refractivity contribution >= 4 is 68.0 Å². The molecule has 44 heavy (non-hydrogen) atoms. The normalized spacial score (nSPS) is 11.6. The highest BCUT2D eigenvalue weighted by atomic mass is 32.1. The van der Waals surface area contributed by atoms with Gasteiger partial charge in [0.15, 0.2) is 0 Å². The van der Waals surface area contributed by atoms with E-state index in [-0.39, 0.29) is 0 Å². The highest BCUT2D eigenvalue weighted by Crippen LogP contribution is 2.51. The van der Waals surface area contributed by atoms with Gasteiger partial charge in [0.2, 0.25) is 0 Å². The van der Waals surface area contributed by atoms with E-state index in [9.17, 15) is 0 Å². The molecule has 0 saturated heterocycles. The summed E-state index contributed by atoms with van der Waals surface area (Å²) in [5.74, 6) is 0. The van der Waals surface area contributed by atoms with Crippen LogP contribution >= 0.6 is 68.0 Å². The summed E-state index contributed by atoms with van der Waals surface area (Å²) < 4.78 is 0. The third-order valence-electron chi connectivity index (χ3n) is 7.00. The van der Waals surface area contributed by atoms with Crippen molar-refractivity contribution in [2.75, 3.05) is 26.4 Å². The Kier molecular flexibility index (Phi) is 11.7. The van der Waals surface area contributed by atoms with E-state index >= 15 is 0 Å². The molecule has 0 fully saturated rings. The van der Waals surface area contributed by atoms with E-state index in [2.05, 4.69) is 82.5 Å². The summed E-state index contributed by atoms with van der Waals surface area (Å²) in [6, 6.07) is 13.5. The van der Waals surface area contributed by atoms with Crippen LogP contribution in [0.5, 0.6) is 0 Å². The molecule has 0 radical (unpaired) electrons. The molecule has 0 aliphatic heterocycles. The first-order chi connectivity index (χ1) is 21.8. The largest absolute Gasteiger partial charge is 0.237 e. The lowest BCUT2D eigenvalue weighted by atomic mass is 10.0. The second-order valence-electron chi connectivity index (χ2n) is 9.99. The summed E-state index contributed by atoms with van der Waals surface area (Å²) in [4.78, 5) is 29.6. The molecule has 0 aliphatic rings. The lowest BCUT2D eigenvalue weighted by molar-refractivity contribution is -0.294. The molecular formula is C34H34O4S6. The minimum absolute atomic E-state index is 0.515. The molecule has 6 aromatic heterocycles. The molecule has 0 bridgehead atoms. The first-order valence-electron chi connectivity index (χ1n) is 14.7. The van der Waals surface area contributed by atoms with E-state index in [0.717, 1.165) is 25.7 Å². The molecule has 6 heterocycles. The maximum Gasteiger partial charge on any atom is 0.0863 e. The van der Waals surface area contributed by atoms with Gasteiger partial charge in [-0.3, -0.25) is 0 Å². The topological polar surface area (TPSA) is 36.9 Å². The predicted octanol–water partition coefficient (Wildman–Crippen LogP) is 12.2. The third-order valence-corrected chi connectivity index (χ3v) is 12.9. The van der Waals surface area contributed by atoms with Gasteiger partial charge in [0.1, 0.15) is 0 Å². The van der Waals surface area contributed by atoms with Gasteiger partial charge >= 0.3 is 0 Å². The van der Waals surface area contributed by atoms with Crippen LogP contribution < -0.4 is 0 Å². The zero-order valence-electron chi connectivity index (χ0n) is 24.7. The lowest BCUT2D eigenvalue weighted by Gasteiger charge is -2.11. The molecule has 10 heteroatoms. The summed E-state index contributed by atoms with van der Waals surface area (Å²) in [5.41, 5.74) is 7.84. The molecule has 6 aromatic rings. The van der Waals surface area contributed by atoms with E-state index in [0.29, 0.717) is 26.4 Å². The fraction of sp³-hybridized carbons (Fsp3) is 0.294. The zero-order chi connectivity index (χ0) is 30.1. The molecule has 0 aliphatic carbocycles. The number of hydrogen-bond donors (Lipinski definition) is 0. The highest BCUT2D eigenvalue weighted by molar-refractivity contribution is 7.22. The van der Waals surface area contributed by atoms with Gasteiger partial charge in [0.05, 0.1) is 31.3 Å². The molecule has 6 rings (SSSR count). The molecule has 0 N–H and O–H groups in total. The number of thiophene rings is 6. The van der Waals surface area contributed by atoms with Gasteiger partial charge in [-0.2, -0.15) is 0 Å². The minimum Gasteiger partial charge on any atom is -0.237 e. The Morgan fingerprint density at radius 3 is 1.59 bits per heavy atom. The first kappa shape index (κ1) is 32.0. The molecule has 0 unspecified atom stereocenters. The van der Waals surface area contributed by atoms with Crippen LogP contribution in [-0.2, 0) is 32.4 Å². The Balaban J connectivity index is 1.32. The van der Waals surface area contributed by atoms with Crippen LogP contribution in [0.15, 0.2) is 68.7 Å². The quantitative estimate of drug-likeness (QED) is 0.0540. The number of rotatable bonds is 17. The van der Waals surface area contributed by atoms with E-state index < -0.39 is 0 Å². The summed E-state index contributed by atoms with van der Waals surface area (Å²) in [7, 11) is 0. The van der Waals surface area contributed by atoms with Crippen molar-refractivity contribution in [1.82, 2.24) is 0 Å². The SMILES string of the molecule is CCCOOCCc1csc(-c2sccc2-c2sccc2-c2sccc2-c2sccc2-c2cccs2)c1CCOOCCC. The van der Waals surface area contributed by atoms with Crippen molar-refractivity contribution in [3.63, 3.8) is 0 Å². The first-order valence-corrected chi connectivity index (χ1v) is 20.0. The smallest absolute Gasteiger partial charge is 0.0863 e. The van der Waals surface area contributed by atoms with Crippen LogP contribution in [0.3, 0.4) is 0 Å². The standard InChI is InChI=1S/C34H34O4S6/c1-3-13-35-37-15-7-23-22-44-33(24(23)8-16-38-36-14-4-2)34-28(12-21-43-34)32-27(11-20-42-32)31-26(10-19-41-31)30-25(9-18-40-30)29-6-5-17-39-29/h5-6,9-12,17-22H,3-4,7-8,13-16H2,1-2H3. The van der Waals surface area contributed by atoms with Crippen molar-refractivity contribution in [2.45, 2.75) is 39.5 Å². The van der Waals surface area contributed by atoms with Crippen LogP contribution in [0, 0.1) is 0 Å². The Labute approximate surface area is 283 Å². The zero-order valence-corrected chi connectivity index (χ0v) is 29.6. The fourth-order valence-corrected chi connectivity index (χ4v) is 11.1. The maximum atomic E-state index is 5.55. The van der Waals surface area contributed by atoms with Crippen molar-refractivity contribution in [3.8, 4) is 51.5 Å². The molecule has 0 amide bonds. The Hall–Kier alpha value is -1.96. The third kappa shape index (κ3) is 7.20. The van der Waals surface area contributed by atoms with Crippen molar-refractivity contribution in [1.29, 1.82) is 0 Å². The Morgan fingerprint density at radius 1 is 0.477 bits per heavy atom. The van der Waals surface area contributed by atoms with Gasteiger partial charge < -0.3 is 0 Å². The predicted molar refractivity (Wildman–Crippen MR) is 193 cm³/mol. The van der Waals surface area contributed by atoms with Crippen LogP contribution in [0.4, 0.5) is 0 Å². The molecule has 0 saturated carbocycles. The molecule has 0 spiro atoms. The lowest BCUT2D eigenvalue weighted by Crippen LogP contribution is -2.05. The van der Waals surface area contributed by atoms with E-state index in [1.807, 2.05) is 56.7 Å². The van der Waals surface area contributed by atoms with Gasteiger partial charge in [-0.1, -0.05) is 19.9 Å². The monoisotopic (exact) mass is 698 g/mol. The van der Waals surface area contributed by atoms with Crippen molar-refractivity contribution in [2.24, 2.45) is 0 Å². The average molecular weight is 699 g/mol. The van der Waals surface area contributed by atoms with E-state index in [4.69, 9.17) is 19.6 Å². The fourth-order valence-electron chi connectivity index (χ4n) is 4.99. The Morgan fingerprint density at radius 2 is 1.00 bits per heavy atom. The van der Waals surface area contributed by atoms with Gasteiger partial charge in [-0.05, 0) is 86.6 Å². The summed E-state index contributed by atoms with van der Waals surface area (Å²) in [6.07, 6.45) is 3.44. The number of hydrogen-bond acceptors (Lipinski definition) is 10. The van der Waals surface area contributed by atoms with Crippen molar-refractivity contribution in [3.05, 3.63) is 79.8 Å². The van der Waals surface area contributed by atoms with Gasteiger partial charge in [0.25, 0.3) is 0 Å². The summed E-state index contributed by atoms with van der Waals surface area (Å²) in [6.45, 7) is 6.42. The maximum absolute atomic E-state index is 5.55. The average Bonchev–Trinajstić information content (AvgIpc) is 3.87. The molecule has 0 atom stereocenters. The second-order valence-corrected chi connectivity index (χ2v) is 15.5. The van der Waals surface area contributed by atoms with E-state index in [1.54, 1.807) is 11.3 Å². The van der Waals surface area contributed by atoms with Crippen LogP contribution in [0.2, 0.25) is 0 Å².